The van der Waals surface area contributed by atoms with Crippen molar-refractivity contribution in [3.8, 4) is 0 Å². The van der Waals surface area contributed by atoms with Crippen LogP contribution < -0.4 is 10.0 Å². The van der Waals surface area contributed by atoms with Crippen molar-refractivity contribution < 1.29 is 27.9 Å². The van der Waals surface area contributed by atoms with E-state index < -0.39 is 33.7 Å². The molecule has 0 saturated carbocycles. The number of hydrogen-bond donors (Lipinski definition) is 3. The lowest BCUT2D eigenvalue weighted by Crippen LogP contribution is -2.43. The van der Waals surface area contributed by atoms with E-state index in [1.54, 1.807) is 32.9 Å². The van der Waals surface area contributed by atoms with Crippen molar-refractivity contribution in [2.24, 2.45) is 0 Å². The molecule has 26 heavy (non-hydrogen) atoms. The monoisotopic (exact) mass is 386 g/mol. The Labute approximate surface area is 154 Å². The predicted molar refractivity (Wildman–Crippen MR) is 96.4 cm³/mol. The Morgan fingerprint density at radius 2 is 1.77 bits per heavy atom. The number of carboxylic acid groups (broad SMARTS) is 1. The summed E-state index contributed by atoms with van der Waals surface area (Å²) in [6.45, 7) is 6.91. The number of alkyl carbamates (subject to hydrolysis) is 1. The lowest BCUT2D eigenvalue weighted by Gasteiger charge is -2.22. The molecule has 0 saturated heterocycles. The van der Waals surface area contributed by atoms with E-state index in [-0.39, 0.29) is 24.3 Å². The molecule has 0 spiro atoms. The molecule has 0 fully saturated rings. The van der Waals surface area contributed by atoms with Gasteiger partial charge in [-0.15, -0.1) is 0 Å². The number of hydrogen-bond acceptors (Lipinski definition) is 5. The molecule has 0 radical (unpaired) electrons. The standard InChI is InChI=1S/C17H26N2O6S/c1-12-7-9-13(10-8-12)26(23,24)18-11-5-6-14(15(20)21)19-16(22)25-17(2,3)4/h7-10,14,18H,5-6,11H2,1-4H3,(H,19,22)(H,20,21)/t14-/m1/s1. The van der Waals surface area contributed by atoms with Gasteiger partial charge in [-0.3, -0.25) is 0 Å². The molecule has 1 rings (SSSR count). The summed E-state index contributed by atoms with van der Waals surface area (Å²) in [6.07, 6.45) is -0.534. The molecule has 9 heteroatoms. The highest BCUT2D eigenvalue weighted by atomic mass is 32.2. The van der Waals surface area contributed by atoms with E-state index >= 15 is 0 Å². The average Bonchev–Trinajstić information content (AvgIpc) is 2.48. The minimum atomic E-state index is -3.65. The van der Waals surface area contributed by atoms with Crippen molar-refractivity contribution in [3.05, 3.63) is 29.8 Å². The fourth-order valence-corrected chi connectivity index (χ4v) is 3.09. The SMILES string of the molecule is Cc1ccc(S(=O)(=O)NCCC[C@@H](NC(=O)OC(C)(C)C)C(=O)O)cc1. The second-order valence-corrected chi connectivity index (χ2v) is 8.66. The second-order valence-electron chi connectivity index (χ2n) is 6.89. The maximum atomic E-state index is 12.1. The maximum absolute atomic E-state index is 12.1. The van der Waals surface area contributed by atoms with Gasteiger partial charge in [-0.2, -0.15) is 0 Å². The molecule has 0 aliphatic rings. The first-order valence-corrected chi connectivity index (χ1v) is 9.68. The zero-order valence-electron chi connectivity index (χ0n) is 15.4. The fraction of sp³-hybridized carbons (Fsp3) is 0.529. The quantitative estimate of drug-likeness (QED) is 0.588. The van der Waals surface area contributed by atoms with Crippen LogP contribution in [0.4, 0.5) is 4.79 Å². The second kappa shape index (κ2) is 9.00. The number of amides is 1. The molecule has 1 atom stereocenters. The van der Waals surface area contributed by atoms with Crippen LogP contribution in [0.3, 0.4) is 0 Å². The van der Waals surface area contributed by atoms with Crippen LogP contribution in [-0.2, 0) is 19.6 Å². The Hall–Kier alpha value is -2.13. The topological polar surface area (TPSA) is 122 Å². The molecule has 146 valence electrons. The minimum absolute atomic E-state index is 0.0516. The lowest BCUT2D eigenvalue weighted by molar-refractivity contribution is -0.139. The predicted octanol–water partition coefficient (Wildman–Crippen LogP) is 2.03. The van der Waals surface area contributed by atoms with Gasteiger partial charge in [0.05, 0.1) is 4.90 Å². The summed E-state index contributed by atoms with van der Waals surface area (Å²) < 4.78 is 31.7. The molecule has 0 aliphatic heterocycles. The van der Waals surface area contributed by atoms with Crippen LogP contribution in [0.25, 0.3) is 0 Å². The Morgan fingerprint density at radius 3 is 2.27 bits per heavy atom. The molecule has 1 aromatic rings. The third-order valence-corrected chi connectivity index (χ3v) is 4.76. The zero-order valence-corrected chi connectivity index (χ0v) is 16.2. The third-order valence-electron chi connectivity index (χ3n) is 3.28. The molecule has 1 amide bonds. The smallest absolute Gasteiger partial charge is 0.408 e. The molecule has 0 heterocycles. The molecule has 8 nitrogen and oxygen atoms in total. The van der Waals surface area contributed by atoms with E-state index in [1.165, 1.54) is 12.1 Å². The van der Waals surface area contributed by atoms with Gasteiger partial charge in [0.15, 0.2) is 0 Å². The molecule has 0 unspecified atom stereocenters. The number of rotatable bonds is 8. The number of aliphatic carboxylic acids is 1. The number of carboxylic acids is 1. The average molecular weight is 386 g/mol. The Bertz CT molecular complexity index is 723. The van der Waals surface area contributed by atoms with Crippen LogP contribution in [-0.4, -0.2) is 43.8 Å². The van der Waals surface area contributed by atoms with Crippen LogP contribution in [0, 0.1) is 6.92 Å². The van der Waals surface area contributed by atoms with E-state index in [9.17, 15) is 23.1 Å². The van der Waals surface area contributed by atoms with Gasteiger partial charge in [0.1, 0.15) is 11.6 Å². The first-order chi connectivity index (χ1) is 11.9. The Balaban J connectivity index is 2.51. The molecule has 1 aromatic carbocycles. The van der Waals surface area contributed by atoms with Crippen molar-refractivity contribution >= 4 is 22.1 Å². The number of nitrogens with one attached hydrogen (secondary N) is 2. The van der Waals surface area contributed by atoms with Gasteiger partial charge in [-0.25, -0.2) is 22.7 Å². The summed E-state index contributed by atoms with van der Waals surface area (Å²) in [5, 5.41) is 11.4. The summed E-state index contributed by atoms with van der Waals surface area (Å²) in [5.41, 5.74) is 0.207. The van der Waals surface area contributed by atoms with E-state index in [1.807, 2.05) is 6.92 Å². The van der Waals surface area contributed by atoms with Crippen molar-refractivity contribution in [1.29, 1.82) is 0 Å². The van der Waals surface area contributed by atoms with Gasteiger partial charge in [0, 0.05) is 6.54 Å². The highest BCUT2D eigenvalue weighted by Crippen LogP contribution is 2.10. The van der Waals surface area contributed by atoms with Gasteiger partial charge in [-0.05, 0) is 52.7 Å². The summed E-state index contributed by atoms with van der Waals surface area (Å²) in [7, 11) is -3.65. The zero-order chi connectivity index (χ0) is 20.0. The van der Waals surface area contributed by atoms with Crippen molar-refractivity contribution in [2.45, 2.75) is 57.1 Å². The van der Waals surface area contributed by atoms with E-state index in [2.05, 4.69) is 10.0 Å². The van der Waals surface area contributed by atoms with Gasteiger partial charge < -0.3 is 15.2 Å². The molecular weight excluding hydrogens is 360 g/mol. The number of benzene rings is 1. The number of carbonyl (C=O) groups excluding carboxylic acids is 1. The van der Waals surface area contributed by atoms with Crippen molar-refractivity contribution in [1.82, 2.24) is 10.0 Å². The Morgan fingerprint density at radius 1 is 1.19 bits per heavy atom. The number of aryl methyl sites for hydroxylation is 1. The fourth-order valence-electron chi connectivity index (χ4n) is 2.02. The summed E-state index contributed by atoms with van der Waals surface area (Å²) >= 11 is 0. The molecule has 0 bridgehead atoms. The van der Waals surface area contributed by atoms with E-state index in [0.29, 0.717) is 0 Å². The van der Waals surface area contributed by atoms with Crippen LogP contribution in [0.1, 0.15) is 39.2 Å². The van der Waals surface area contributed by atoms with Gasteiger partial charge in [0.2, 0.25) is 10.0 Å². The van der Waals surface area contributed by atoms with Crippen LogP contribution in [0.15, 0.2) is 29.2 Å². The van der Waals surface area contributed by atoms with Crippen LogP contribution in [0.5, 0.6) is 0 Å². The molecule has 0 aliphatic carbocycles. The highest BCUT2D eigenvalue weighted by Gasteiger charge is 2.23. The molecule has 3 N–H and O–H groups in total. The summed E-state index contributed by atoms with van der Waals surface area (Å²) in [5.74, 6) is -1.21. The van der Waals surface area contributed by atoms with Crippen LogP contribution >= 0.6 is 0 Å². The largest absolute Gasteiger partial charge is 0.480 e. The number of carbonyl (C=O) groups is 2. The Kier molecular flexibility index (Phi) is 7.58. The summed E-state index contributed by atoms with van der Waals surface area (Å²) in [6, 6.07) is 5.23. The van der Waals surface area contributed by atoms with Gasteiger partial charge in [0.25, 0.3) is 0 Å². The highest BCUT2D eigenvalue weighted by molar-refractivity contribution is 7.89. The molecular formula is C17H26N2O6S. The van der Waals surface area contributed by atoms with E-state index in [0.717, 1.165) is 5.56 Å². The maximum Gasteiger partial charge on any atom is 0.408 e. The first-order valence-electron chi connectivity index (χ1n) is 8.19. The molecule has 0 aromatic heterocycles. The summed E-state index contributed by atoms with van der Waals surface area (Å²) in [4.78, 5) is 23.0. The van der Waals surface area contributed by atoms with Crippen molar-refractivity contribution in [3.63, 3.8) is 0 Å². The van der Waals surface area contributed by atoms with Crippen LogP contribution in [0.2, 0.25) is 0 Å². The van der Waals surface area contributed by atoms with Gasteiger partial charge in [-0.1, -0.05) is 17.7 Å². The number of sulfonamides is 1. The lowest BCUT2D eigenvalue weighted by atomic mass is 10.1. The number of ether oxygens (including phenoxy) is 1. The minimum Gasteiger partial charge on any atom is -0.480 e. The first kappa shape index (κ1) is 21.9. The van der Waals surface area contributed by atoms with Crippen molar-refractivity contribution in [2.75, 3.05) is 6.54 Å². The van der Waals surface area contributed by atoms with Gasteiger partial charge >= 0.3 is 12.1 Å². The third kappa shape index (κ3) is 7.83. The van der Waals surface area contributed by atoms with E-state index in [4.69, 9.17) is 4.74 Å². The normalized spacial score (nSPS) is 13.1.